The molecule has 0 bridgehead atoms. The van der Waals surface area contributed by atoms with E-state index in [-0.39, 0.29) is 12.3 Å². The van der Waals surface area contributed by atoms with E-state index in [0.29, 0.717) is 18.8 Å². The van der Waals surface area contributed by atoms with E-state index in [0.717, 1.165) is 33.4 Å². The van der Waals surface area contributed by atoms with Gasteiger partial charge in [0.25, 0.3) is 0 Å². The van der Waals surface area contributed by atoms with Gasteiger partial charge in [0.2, 0.25) is 5.91 Å². The topological polar surface area (TPSA) is 86.3 Å². The Morgan fingerprint density at radius 1 is 1.09 bits per heavy atom. The minimum Gasteiger partial charge on any atom is -0.493 e. The number of hydrogen-bond acceptors (Lipinski definition) is 6. The number of imidazole rings is 1. The lowest BCUT2D eigenvalue weighted by Gasteiger charge is -2.07. The average Bonchev–Trinajstić information content (AvgIpc) is 3.54. The number of aromatic nitrogens is 5. The van der Waals surface area contributed by atoms with Crippen LogP contribution in [0.2, 0.25) is 0 Å². The number of nitrogens with zero attached hydrogens (tertiary/aromatic N) is 5. The SMILES string of the molecule is CCOc1ccccc1-c1nc(CC(=O)Nc2cnn(Cc3cn4ccccc4n3)c2)cs1. The van der Waals surface area contributed by atoms with Gasteiger partial charge in [0.15, 0.2) is 0 Å². The van der Waals surface area contributed by atoms with Crippen LogP contribution in [0.4, 0.5) is 5.69 Å². The van der Waals surface area contributed by atoms with Gasteiger partial charge in [0, 0.05) is 24.0 Å². The van der Waals surface area contributed by atoms with Gasteiger partial charge in [-0.1, -0.05) is 18.2 Å². The Labute approximate surface area is 194 Å². The summed E-state index contributed by atoms with van der Waals surface area (Å²) in [4.78, 5) is 21.8. The van der Waals surface area contributed by atoms with Gasteiger partial charge in [-0.05, 0) is 31.2 Å². The van der Waals surface area contributed by atoms with Crippen molar-refractivity contribution in [3.63, 3.8) is 0 Å². The Kier molecular flexibility index (Phi) is 5.86. The summed E-state index contributed by atoms with van der Waals surface area (Å²) in [5.41, 5.74) is 4.07. The van der Waals surface area contributed by atoms with E-state index in [1.165, 1.54) is 11.3 Å². The number of carbonyl (C=O) groups excluding carboxylic acids is 1. The second-order valence-electron chi connectivity index (χ2n) is 7.42. The lowest BCUT2D eigenvalue weighted by molar-refractivity contribution is -0.115. The van der Waals surface area contributed by atoms with Crippen molar-refractivity contribution in [1.29, 1.82) is 0 Å². The smallest absolute Gasteiger partial charge is 0.230 e. The minimum atomic E-state index is -0.141. The number of thiazole rings is 1. The molecular weight excluding hydrogens is 436 g/mol. The molecule has 4 heterocycles. The molecule has 0 aliphatic carbocycles. The third kappa shape index (κ3) is 4.78. The van der Waals surface area contributed by atoms with E-state index < -0.39 is 0 Å². The highest BCUT2D eigenvalue weighted by atomic mass is 32.1. The first-order valence-corrected chi connectivity index (χ1v) is 11.5. The lowest BCUT2D eigenvalue weighted by atomic mass is 10.2. The maximum atomic E-state index is 12.6. The molecule has 0 saturated carbocycles. The largest absolute Gasteiger partial charge is 0.493 e. The number of fused-ring (bicyclic) bond motifs is 1. The molecule has 0 aliphatic heterocycles. The molecule has 33 heavy (non-hydrogen) atoms. The first kappa shape index (κ1) is 20.9. The number of amides is 1. The van der Waals surface area contributed by atoms with Crippen LogP contribution in [0.25, 0.3) is 16.2 Å². The quantitative estimate of drug-likeness (QED) is 0.375. The lowest BCUT2D eigenvalue weighted by Crippen LogP contribution is -2.14. The summed E-state index contributed by atoms with van der Waals surface area (Å²) in [6.45, 7) is 3.06. The summed E-state index contributed by atoms with van der Waals surface area (Å²) in [6.07, 6.45) is 7.55. The number of rotatable bonds is 8. The summed E-state index contributed by atoms with van der Waals surface area (Å²) < 4.78 is 9.42. The normalized spacial score (nSPS) is 11.1. The molecule has 0 aliphatic rings. The molecule has 0 radical (unpaired) electrons. The van der Waals surface area contributed by atoms with Gasteiger partial charge in [-0.2, -0.15) is 5.10 Å². The van der Waals surface area contributed by atoms with Crippen molar-refractivity contribution in [3.05, 3.63) is 84.0 Å². The summed E-state index contributed by atoms with van der Waals surface area (Å²) >= 11 is 1.50. The van der Waals surface area contributed by atoms with Crippen LogP contribution in [-0.4, -0.2) is 36.7 Å². The summed E-state index contributed by atoms with van der Waals surface area (Å²) in [5, 5.41) is 9.98. The van der Waals surface area contributed by atoms with Crippen LogP contribution in [0, 0.1) is 0 Å². The molecular formula is C24H22N6O2S. The molecule has 0 fully saturated rings. The zero-order valence-electron chi connectivity index (χ0n) is 18.0. The molecule has 9 heteroatoms. The Morgan fingerprint density at radius 3 is 2.85 bits per heavy atom. The van der Waals surface area contributed by atoms with Gasteiger partial charge in [-0.15, -0.1) is 11.3 Å². The molecule has 8 nitrogen and oxygen atoms in total. The Morgan fingerprint density at radius 2 is 1.97 bits per heavy atom. The van der Waals surface area contributed by atoms with Crippen molar-refractivity contribution in [1.82, 2.24) is 24.1 Å². The number of pyridine rings is 1. The highest BCUT2D eigenvalue weighted by Crippen LogP contribution is 2.32. The first-order valence-electron chi connectivity index (χ1n) is 10.6. The van der Waals surface area contributed by atoms with Crippen LogP contribution in [0.5, 0.6) is 5.75 Å². The predicted octanol–water partition coefficient (Wildman–Crippen LogP) is 4.28. The average molecular weight is 459 g/mol. The Bertz CT molecular complexity index is 1370. The van der Waals surface area contributed by atoms with Crippen molar-refractivity contribution in [2.45, 2.75) is 19.9 Å². The number of para-hydroxylation sites is 1. The molecule has 0 unspecified atom stereocenters. The van der Waals surface area contributed by atoms with Crippen molar-refractivity contribution >= 4 is 28.6 Å². The number of anilines is 1. The minimum absolute atomic E-state index is 0.141. The van der Waals surface area contributed by atoms with Crippen molar-refractivity contribution in [2.75, 3.05) is 11.9 Å². The molecule has 0 atom stereocenters. The van der Waals surface area contributed by atoms with E-state index in [2.05, 4.69) is 20.4 Å². The molecule has 0 saturated heterocycles. The van der Waals surface area contributed by atoms with E-state index >= 15 is 0 Å². The van der Waals surface area contributed by atoms with Crippen molar-refractivity contribution in [2.24, 2.45) is 0 Å². The monoisotopic (exact) mass is 458 g/mol. The fraction of sp³-hybridized carbons (Fsp3) is 0.167. The molecule has 1 aromatic carbocycles. The zero-order chi connectivity index (χ0) is 22.6. The molecule has 1 N–H and O–H groups in total. The van der Waals surface area contributed by atoms with Crippen LogP contribution >= 0.6 is 11.3 Å². The third-order valence-corrected chi connectivity index (χ3v) is 5.89. The number of nitrogens with one attached hydrogen (secondary N) is 1. The number of carbonyl (C=O) groups is 1. The Balaban J connectivity index is 1.21. The van der Waals surface area contributed by atoms with Crippen molar-refractivity contribution < 1.29 is 9.53 Å². The van der Waals surface area contributed by atoms with Gasteiger partial charge in [-0.25, -0.2) is 9.97 Å². The van der Waals surface area contributed by atoms with E-state index in [4.69, 9.17) is 4.74 Å². The van der Waals surface area contributed by atoms with Crippen LogP contribution in [0.1, 0.15) is 18.3 Å². The van der Waals surface area contributed by atoms with Gasteiger partial charge < -0.3 is 14.5 Å². The van der Waals surface area contributed by atoms with Gasteiger partial charge in [-0.3, -0.25) is 9.48 Å². The van der Waals surface area contributed by atoms with Crippen LogP contribution < -0.4 is 10.1 Å². The second kappa shape index (κ2) is 9.25. The third-order valence-electron chi connectivity index (χ3n) is 4.97. The molecule has 1 amide bonds. The maximum absolute atomic E-state index is 12.6. The fourth-order valence-corrected chi connectivity index (χ4v) is 4.40. The highest BCUT2D eigenvalue weighted by Gasteiger charge is 2.13. The molecule has 0 spiro atoms. The highest BCUT2D eigenvalue weighted by molar-refractivity contribution is 7.13. The van der Waals surface area contributed by atoms with E-state index in [9.17, 15) is 4.79 Å². The maximum Gasteiger partial charge on any atom is 0.230 e. The molecule has 166 valence electrons. The molecule has 5 aromatic rings. The Hall–Kier alpha value is -3.98. The van der Waals surface area contributed by atoms with Crippen LogP contribution in [-0.2, 0) is 17.8 Å². The number of benzene rings is 1. The van der Waals surface area contributed by atoms with Crippen LogP contribution in [0.15, 0.2) is 72.6 Å². The summed E-state index contributed by atoms with van der Waals surface area (Å²) in [6, 6.07) is 13.7. The number of ether oxygens (including phenoxy) is 1. The zero-order valence-corrected chi connectivity index (χ0v) is 18.8. The van der Waals surface area contributed by atoms with E-state index in [1.54, 1.807) is 17.1 Å². The predicted molar refractivity (Wildman–Crippen MR) is 128 cm³/mol. The van der Waals surface area contributed by atoms with Crippen LogP contribution in [0.3, 0.4) is 0 Å². The van der Waals surface area contributed by atoms with E-state index in [1.807, 2.05) is 71.6 Å². The second-order valence-corrected chi connectivity index (χ2v) is 8.28. The van der Waals surface area contributed by atoms with Gasteiger partial charge >= 0.3 is 0 Å². The number of hydrogen-bond donors (Lipinski definition) is 1. The van der Waals surface area contributed by atoms with Gasteiger partial charge in [0.1, 0.15) is 16.4 Å². The molecule has 5 rings (SSSR count). The van der Waals surface area contributed by atoms with Gasteiger partial charge in [0.05, 0.1) is 48.4 Å². The summed E-state index contributed by atoms with van der Waals surface area (Å²) in [7, 11) is 0. The molecule has 4 aromatic heterocycles. The summed E-state index contributed by atoms with van der Waals surface area (Å²) in [5.74, 6) is 0.653. The standard InChI is InChI=1S/C24H22N6O2S/c1-2-32-21-8-4-3-7-20(21)24-28-17(16-33-24)11-23(31)27-18-12-25-30(14-18)15-19-13-29-10-6-5-9-22(29)26-19/h3-10,12-14,16H,2,11,15H2,1H3,(H,27,31). The van der Waals surface area contributed by atoms with Crippen molar-refractivity contribution in [3.8, 4) is 16.3 Å². The first-order chi connectivity index (χ1) is 16.2. The fourth-order valence-electron chi connectivity index (χ4n) is 3.55.